The summed E-state index contributed by atoms with van der Waals surface area (Å²) in [4.78, 5) is 4.46. The van der Waals surface area contributed by atoms with E-state index in [1.165, 1.54) is 0 Å². The Labute approximate surface area is 151 Å². The Morgan fingerprint density at radius 2 is 1.54 bits per heavy atom. The number of hydrogen-bond acceptors (Lipinski definition) is 4. The van der Waals surface area contributed by atoms with Gasteiger partial charge in [-0.15, -0.1) is 0 Å². The minimum atomic E-state index is 0.170. The summed E-state index contributed by atoms with van der Waals surface area (Å²) in [6, 6.07) is 21.2. The molecule has 0 saturated heterocycles. The van der Waals surface area contributed by atoms with Gasteiger partial charge in [0.25, 0.3) is 0 Å². The van der Waals surface area contributed by atoms with Crippen LogP contribution in [0.2, 0.25) is 0 Å². The molecule has 0 bridgehead atoms. The van der Waals surface area contributed by atoms with Gasteiger partial charge < -0.3 is 14.8 Å². The van der Waals surface area contributed by atoms with Gasteiger partial charge in [0.1, 0.15) is 11.3 Å². The molecule has 0 aliphatic heterocycles. The molecule has 3 aromatic carbocycles. The summed E-state index contributed by atoms with van der Waals surface area (Å²) in [7, 11) is 1.91. The monoisotopic (exact) mass is 342 g/mol. The van der Waals surface area contributed by atoms with Crippen LogP contribution in [0.4, 0.5) is 5.69 Å². The molecule has 0 aliphatic rings. The van der Waals surface area contributed by atoms with Gasteiger partial charge in [0, 0.05) is 24.4 Å². The third-order valence-corrected chi connectivity index (χ3v) is 4.20. The second kappa shape index (κ2) is 6.76. The summed E-state index contributed by atoms with van der Waals surface area (Å²) in [5, 5.41) is 12.6. The highest BCUT2D eigenvalue weighted by Crippen LogP contribution is 2.27. The molecule has 4 nitrogen and oxygen atoms in total. The topological polar surface area (TPSA) is 58.3 Å². The standard InChI is InChI=1S/C22H18N2O2/c1-23-18-10-6-16(7-11-18)3-2-15-4-8-17(9-5-15)22-24-20-13-12-19(25)14-21(20)26-22/h2-14,23,25H,1H3/b3-2+. The van der Waals surface area contributed by atoms with E-state index in [2.05, 4.69) is 34.6 Å². The number of rotatable bonds is 4. The molecule has 0 amide bonds. The molecule has 4 aromatic rings. The van der Waals surface area contributed by atoms with Crippen molar-refractivity contribution in [3.63, 3.8) is 0 Å². The lowest BCUT2D eigenvalue weighted by Gasteiger charge is -2.00. The molecule has 0 saturated carbocycles. The van der Waals surface area contributed by atoms with Gasteiger partial charge in [-0.2, -0.15) is 0 Å². The fourth-order valence-electron chi connectivity index (χ4n) is 2.73. The van der Waals surface area contributed by atoms with Crippen LogP contribution in [0.1, 0.15) is 11.1 Å². The number of nitrogens with zero attached hydrogens (tertiary/aromatic N) is 1. The molecule has 0 aliphatic carbocycles. The average molecular weight is 342 g/mol. The molecule has 128 valence electrons. The average Bonchev–Trinajstić information content (AvgIpc) is 3.10. The summed E-state index contributed by atoms with van der Waals surface area (Å²) in [6.45, 7) is 0. The van der Waals surface area contributed by atoms with Crippen molar-refractivity contribution < 1.29 is 9.52 Å². The highest BCUT2D eigenvalue weighted by atomic mass is 16.3. The van der Waals surface area contributed by atoms with Crippen LogP contribution < -0.4 is 5.32 Å². The van der Waals surface area contributed by atoms with Gasteiger partial charge in [-0.1, -0.05) is 36.4 Å². The molecular formula is C22H18N2O2. The van der Waals surface area contributed by atoms with E-state index in [1.54, 1.807) is 18.2 Å². The number of oxazole rings is 1. The highest BCUT2D eigenvalue weighted by molar-refractivity contribution is 5.78. The number of anilines is 1. The molecule has 26 heavy (non-hydrogen) atoms. The lowest BCUT2D eigenvalue weighted by atomic mass is 10.1. The first-order valence-electron chi connectivity index (χ1n) is 8.37. The Morgan fingerprint density at radius 3 is 2.19 bits per heavy atom. The molecule has 2 N–H and O–H groups in total. The summed E-state index contributed by atoms with van der Waals surface area (Å²) in [6.07, 6.45) is 4.15. The van der Waals surface area contributed by atoms with Crippen molar-refractivity contribution in [1.29, 1.82) is 0 Å². The van der Waals surface area contributed by atoms with Gasteiger partial charge in [-0.25, -0.2) is 4.98 Å². The number of fused-ring (bicyclic) bond motifs is 1. The van der Waals surface area contributed by atoms with Crippen molar-refractivity contribution in [1.82, 2.24) is 4.98 Å². The number of hydrogen-bond donors (Lipinski definition) is 2. The van der Waals surface area contributed by atoms with E-state index in [1.807, 2.05) is 43.4 Å². The Hall–Kier alpha value is -3.53. The first kappa shape index (κ1) is 16.0. The maximum atomic E-state index is 9.53. The highest BCUT2D eigenvalue weighted by Gasteiger charge is 2.08. The van der Waals surface area contributed by atoms with E-state index in [0.717, 1.165) is 27.9 Å². The fraction of sp³-hybridized carbons (Fsp3) is 0.0455. The number of benzene rings is 3. The van der Waals surface area contributed by atoms with Gasteiger partial charge >= 0.3 is 0 Å². The number of phenols is 1. The van der Waals surface area contributed by atoms with Crippen molar-refractivity contribution in [3.05, 3.63) is 77.9 Å². The van der Waals surface area contributed by atoms with Gasteiger partial charge in [0.15, 0.2) is 5.58 Å². The van der Waals surface area contributed by atoms with Crippen LogP contribution in [0, 0.1) is 0 Å². The Bertz CT molecular complexity index is 1060. The zero-order valence-electron chi connectivity index (χ0n) is 14.3. The predicted octanol–water partition coefficient (Wildman–Crippen LogP) is 5.41. The van der Waals surface area contributed by atoms with Crippen molar-refractivity contribution in [2.75, 3.05) is 12.4 Å². The van der Waals surface area contributed by atoms with Crippen molar-refractivity contribution in [2.24, 2.45) is 0 Å². The number of aromatic nitrogens is 1. The summed E-state index contributed by atoms with van der Waals surface area (Å²) < 4.78 is 5.73. The first-order chi connectivity index (χ1) is 12.7. The molecule has 0 fully saturated rings. The van der Waals surface area contributed by atoms with Crippen LogP contribution >= 0.6 is 0 Å². The van der Waals surface area contributed by atoms with Gasteiger partial charge in [-0.05, 0) is 47.5 Å². The van der Waals surface area contributed by atoms with E-state index in [4.69, 9.17) is 4.42 Å². The Balaban J connectivity index is 1.54. The molecule has 1 aromatic heterocycles. The maximum Gasteiger partial charge on any atom is 0.227 e. The van der Waals surface area contributed by atoms with E-state index in [9.17, 15) is 5.11 Å². The quantitative estimate of drug-likeness (QED) is 0.487. The van der Waals surface area contributed by atoms with Crippen LogP contribution in [0.3, 0.4) is 0 Å². The zero-order chi connectivity index (χ0) is 17.9. The molecular weight excluding hydrogens is 324 g/mol. The third kappa shape index (κ3) is 3.30. The minimum absolute atomic E-state index is 0.170. The lowest BCUT2D eigenvalue weighted by molar-refractivity contribution is 0.474. The maximum absolute atomic E-state index is 9.53. The van der Waals surface area contributed by atoms with Crippen LogP contribution in [0.25, 0.3) is 34.7 Å². The van der Waals surface area contributed by atoms with Crippen LogP contribution in [0.15, 0.2) is 71.1 Å². The molecule has 4 heteroatoms. The molecule has 0 radical (unpaired) electrons. The van der Waals surface area contributed by atoms with E-state index < -0.39 is 0 Å². The Morgan fingerprint density at radius 1 is 0.885 bits per heavy atom. The fourth-order valence-corrected chi connectivity index (χ4v) is 2.73. The first-order valence-corrected chi connectivity index (χ1v) is 8.37. The third-order valence-electron chi connectivity index (χ3n) is 4.20. The number of nitrogens with one attached hydrogen (secondary N) is 1. The second-order valence-electron chi connectivity index (χ2n) is 6.00. The van der Waals surface area contributed by atoms with Crippen molar-refractivity contribution in [3.8, 4) is 17.2 Å². The van der Waals surface area contributed by atoms with Gasteiger partial charge in [-0.3, -0.25) is 0 Å². The number of phenolic OH excluding ortho intramolecular Hbond substituents is 1. The molecule has 0 unspecified atom stereocenters. The van der Waals surface area contributed by atoms with E-state index >= 15 is 0 Å². The summed E-state index contributed by atoms with van der Waals surface area (Å²) in [5.74, 6) is 0.715. The summed E-state index contributed by atoms with van der Waals surface area (Å²) in [5.41, 5.74) is 5.54. The minimum Gasteiger partial charge on any atom is -0.508 e. The van der Waals surface area contributed by atoms with Crippen molar-refractivity contribution in [2.45, 2.75) is 0 Å². The largest absolute Gasteiger partial charge is 0.508 e. The molecule has 0 atom stereocenters. The number of aromatic hydroxyl groups is 1. The van der Waals surface area contributed by atoms with Crippen LogP contribution in [-0.2, 0) is 0 Å². The van der Waals surface area contributed by atoms with Gasteiger partial charge in [0.05, 0.1) is 0 Å². The second-order valence-corrected chi connectivity index (χ2v) is 6.00. The van der Waals surface area contributed by atoms with E-state index in [0.29, 0.717) is 11.5 Å². The molecule has 4 rings (SSSR count). The van der Waals surface area contributed by atoms with E-state index in [-0.39, 0.29) is 5.75 Å². The van der Waals surface area contributed by atoms with Crippen LogP contribution in [-0.4, -0.2) is 17.1 Å². The van der Waals surface area contributed by atoms with Crippen molar-refractivity contribution >= 4 is 28.9 Å². The van der Waals surface area contributed by atoms with Crippen LogP contribution in [0.5, 0.6) is 5.75 Å². The zero-order valence-corrected chi connectivity index (χ0v) is 14.3. The molecule has 1 heterocycles. The SMILES string of the molecule is CNc1ccc(/C=C/c2ccc(-c3nc4ccc(O)cc4o3)cc2)cc1. The Kier molecular flexibility index (Phi) is 4.15. The summed E-state index contributed by atoms with van der Waals surface area (Å²) >= 11 is 0. The predicted molar refractivity (Wildman–Crippen MR) is 106 cm³/mol. The normalized spacial score (nSPS) is 11.3. The van der Waals surface area contributed by atoms with Gasteiger partial charge in [0.2, 0.25) is 5.89 Å². The molecule has 0 spiro atoms. The lowest BCUT2D eigenvalue weighted by Crippen LogP contribution is -1.86. The smallest absolute Gasteiger partial charge is 0.227 e.